The molecule has 7 heteroatoms. The van der Waals surface area contributed by atoms with Gasteiger partial charge in [0.15, 0.2) is 4.80 Å². The van der Waals surface area contributed by atoms with E-state index in [1.807, 2.05) is 61.5 Å². The van der Waals surface area contributed by atoms with Crippen molar-refractivity contribution in [2.24, 2.45) is 4.99 Å². The number of aromatic nitrogens is 1. The van der Waals surface area contributed by atoms with Gasteiger partial charge in [0, 0.05) is 0 Å². The van der Waals surface area contributed by atoms with E-state index in [0.29, 0.717) is 20.6 Å². The number of methoxy groups -OCH3 is 1. The molecule has 0 saturated carbocycles. The zero-order valence-corrected chi connectivity index (χ0v) is 19.2. The summed E-state index contributed by atoms with van der Waals surface area (Å²) in [7, 11) is 1.61. The van der Waals surface area contributed by atoms with Crippen molar-refractivity contribution < 1.29 is 14.3 Å². The predicted molar refractivity (Wildman–Crippen MR) is 125 cm³/mol. The average Bonchev–Trinajstić information content (AvgIpc) is 3.08. The van der Waals surface area contributed by atoms with Crippen molar-refractivity contribution in [3.8, 4) is 5.75 Å². The fraction of sp³-hybridized carbons (Fsp3) is 0.240. The highest BCUT2D eigenvalue weighted by atomic mass is 32.1. The lowest BCUT2D eigenvalue weighted by molar-refractivity contribution is -0.139. The molecule has 3 aromatic rings. The monoisotopic (exact) mass is 448 g/mol. The zero-order valence-electron chi connectivity index (χ0n) is 18.4. The Hall–Kier alpha value is -3.45. The summed E-state index contributed by atoms with van der Waals surface area (Å²) in [6.45, 7) is 5.79. The summed E-state index contributed by atoms with van der Waals surface area (Å²) in [4.78, 5) is 31.5. The van der Waals surface area contributed by atoms with Gasteiger partial charge in [0.2, 0.25) is 0 Å². The van der Waals surface area contributed by atoms with Crippen LogP contribution in [0.2, 0.25) is 0 Å². The predicted octanol–water partition coefficient (Wildman–Crippen LogP) is 3.12. The number of benzene rings is 2. The van der Waals surface area contributed by atoms with Crippen LogP contribution in [0, 0.1) is 6.92 Å². The number of allylic oxidation sites excluding steroid dienone is 1. The molecule has 2 aromatic carbocycles. The van der Waals surface area contributed by atoms with E-state index in [9.17, 15) is 9.59 Å². The number of fused-ring (bicyclic) bond motifs is 1. The van der Waals surface area contributed by atoms with Gasteiger partial charge in [-0.15, -0.1) is 0 Å². The van der Waals surface area contributed by atoms with Crippen molar-refractivity contribution in [1.82, 2.24) is 4.57 Å². The first-order chi connectivity index (χ1) is 15.4. The average molecular weight is 449 g/mol. The molecule has 0 saturated heterocycles. The molecule has 1 unspecified atom stereocenters. The summed E-state index contributed by atoms with van der Waals surface area (Å²) in [6, 6.07) is 14.7. The number of hydrogen-bond acceptors (Lipinski definition) is 6. The molecule has 2 heterocycles. The van der Waals surface area contributed by atoms with Crippen LogP contribution in [0.1, 0.15) is 36.6 Å². The highest BCUT2D eigenvalue weighted by Crippen LogP contribution is 2.30. The van der Waals surface area contributed by atoms with Gasteiger partial charge in [-0.1, -0.05) is 53.3 Å². The largest absolute Gasteiger partial charge is 0.497 e. The molecule has 1 aliphatic rings. The molecule has 164 valence electrons. The lowest BCUT2D eigenvalue weighted by Gasteiger charge is -2.24. The number of aryl methyl sites for hydroxylation is 1. The lowest BCUT2D eigenvalue weighted by Crippen LogP contribution is -2.39. The van der Waals surface area contributed by atoms with Crippen molar-refractivity contribution >= 4 is 23.4 Å². The first-order valence-corrected chi connectivity index (χ1v) is 11.1. The normalized spacial score (nSPS) is 15.9. The molecule has 0 bridgehead atoms. The van der Waals surface area contributed by atoms with E-state index in [1.54, 1.807) is 25.5 Å². The number of thiazole rings is 1. The van der Waals surface area contributed by atoms with Crippen LogP contribution in [-0.4, -0.2) is 24.3 Å². The highest BCUT2D eigenvalue weighted by Gasteiger charge is 2.33. The van der Waals surface area contributed by atoms with Gasteiger partial charge in [0.1, 0.15) is 5.75 Å². The molecule has 1 atom stereocenters. The Kier molecular flexibility index (Phi) is 6.10. The third-order valence-electron chi connectivity index (χ3n) is 5.32. The number of nitrogens with zero attached hydrogens (tertiary/aromatic N) is 2. The minimum atomic E-state index is -0.594. The molecule has 4 rings (SSSR count). The minimum Gasteiger partial charge on any atom is -0.497 e. The standard InChI is InChI=1S/C25H24N2O4S/c1-5-31-24(29)21-16(3)26-25-27(22(21)18-10-6-15(2)7-11-18)23(28)20(32-25)14-17-8-12-19(30-4)13-9-17/h6-14,22H,5H2,1-4H3/b20-14-. The van der Waals surface area contributed by atoms with Crippen LogP contribution in [0.5, 0.6) is 5.75 Å². The first kappa shape index (κ1) is 21.8. The van der Waals surface area contributed by atoms with Crippen LogP contribution < -0.4 is 19.6 Å². The molecule has 0 radical (unpaired) electrons. The topological polar surface area (TPSA) is 69.9 Å². The van der Waals surface area contributed by atoms with Gasteiger partial charge in [0.25, 0.3) is 5.56 Å². The molecule has 1 aromatic heterocycles. The third kappa shape index (κ3) is 4.03. The number of carbonyl (C=O) groups is 1. The summed E-state index contributed by atoms with van der Waals surface area (Å²) in [5, 5.41) is 0. The molecule has 0 amide bonds. The smallest absolute Gasteiger partial charge is 0.338 e. The van der Waals surface area contributed by atoms with Crippen LogP contribution in [0.25, 0.3) is 6.08 Å². The molecule has 0 fully saturated rings. The van der Waals surface area contributed by atoms with Crippen molar-refractivity contribution in [2.75, 3.05) is 13.7 Å². The molecular formula is C25H24N2O4S. The maximum absolute atomic E-state index is 13.5. The number of hydrogen-bond donors (Lipinski definition) is 0. The van der Waals surface area contributed by atoms with Gasteiger partial charge >= 0.3 is 5.97 Å². The fourth-order valence-corrected chi connectivity index (χ4v) is 4.75. The first-order valence-electron chi connectivity index (χ1n) is 10.3. The van der Waals surface area contributed by atoms with Crippen LogP contribution in [0.15, 0.2) is 69.6 Å². The SMILES string of the molecule is CCOC(=O)C1=C(C)N=c2s/c(=C\c3ccc(OC)cc3)c(=O)n2C1c1ccc(C)cc1. The Morgan fingerprint density at radius 2 is 1.81 bits per heavy atom. The van der Waals surface area contributed by atoms with Crippen LogP contribution in [-0.2, 0) is 9.53 Å². The van der Waals surface area contributed by atoms with Crippen LogP contribution in [0.3, 0.4) is 0 Å². The van der Waals surface area contributed by atoms with Crippen molar-refractivity contribution in [3.63, 3.8) is 0 Å². The van der Waals surface area contributed by atoms with Crippen LogP contribution in [0.4, 0.5) is 0 Å². The lowest BCUT2D eigenvalue weighted by atomic mass is 9.95. The van der Waals surface area contributed by atoms with E-state index < -0.39 is 12.0 Å². The molecule has 1 aliphatic heterocycles. The second kappa shape index (κ2) is 8.96. The number of esters is 1. The third-order valence-corrected chi connectivity index (χ3v) is 6.31. The van der Waals surface area contributed by atoms with Crippen molar-refractivity contribution in [1.29, 1.82) is 0 Å². The van der Waals surface area contributed by atoms with Gasteiger partial charge in [0.05, 0.1) is 35.6 Å². The summed E-state index contributed by atoms with van der Waals surface area (Å²) >= 11 is 1.31. The quantitative estimate of drug-likeness (QED) is 0.563. The maximum Gasteiger partial charge on any atom is 0.338 e. The van der Waals surface area contributed by atoms with Crippen molar-refractivity contribution in [3.05, 3.63) is 96.2 Å². The molecule has 32 heavy (non-hydrogen) atoms. The summed E-state index contributed by atoms with van der Waals surface area (Å²) in [5.74, 6) is 0.293. The van der Waals surface area contributed by atoms with Gasteiger partial charge in [-0.05, 0) is 50.1 Å². The summed E-state index contributed by atoms with van der Waals surface area (Å²) in [6.07, 6.45) is 1.83. The second-order valence-electron chi connectivity index (χ2n) is 7.49. The number of carbonyl (C=O) groups excluding carboxylic acids is 1. The highest BCUT2D eigenvalue weighted by molar-refractivity contribution is 7.07. The minimum absolute atomic E-state index is 0.190. The number of ether oxygens (including phenoxy) is 2. The van der Waals surface area contributed by atoms with E-state index in [-0.39, 0.29) is 12.2 Å². The van der Waals surface area contributed by atoms with Crippen LogP contribution >= 0.6 is 11.3 Å². The Morgan fingerprint density at radius 3 is 2.44 bits per heavy atom. The van der Waals surface area contributed by atoms with E-state index in [1.165, 1.54) is 11.3 Å². The summed E-state index contributed by atoms with van der Waals surface area (Å²) < 4.78 is 12.7. The fourth-order valence-electron chi connectivity index (χ4n) is 3.71. The van der Waals surface area contributed by atoms with Gasteiger partial charge < -0.3 is 9.47 Å². The Morgan fingerprint density at radius 1 is 1.12 bits per heavy atom. The van der Waals surface area contributed by atoms with E-state index in [2.05, 4.69) is 4.99 Å². The molecule has 6 nitrogen and oxygen atoms in total. The molecular weight excluding hydrogens is 424 g/mol. The van der Waals surface area contributed by atoms with E-state index in [0.717, 1.165) is 22.4 Å². The second-order valence-corrected chi connectivity index (χ2v) is 8.50. The summed E-state index contributed by atoms with van der Waals surface area (Å²) in [5.41, 5.74) is 3.57. The molecule has 0 spiro atoms. The van der Waals surface area contributed by atoms with Gasteiger partial charge in [-0.25, -0.2) is 9.79 Å². The van der Waals surface area contributed by atoms with Gasteiger partial charge in [-0.2, -0.15) is 0 Å². The van der Waals surface area contributed by atoms with Crippen molar-refractivity contribution in [2.45, 2.75) is 26.8 Å². The number of rotatable bonds is 5. The van der Waals surface area contributed by atoms with E-state index in [4.69, 9.17) is 9.47 Å². The van der Waals surface area contributed by atoms with E-state index >= 15 is 0 Å². The Balaban J connectivity index is 1.92. The maximum atomic E-state index is 13.5. The molecule has 0 aliphatic carbocycles. The molecule has 0 N–H and O–H groups in total. The Labute approximate surface area is 189 Å². The van der Waals surface area contributed by atoms with Gasteiger partial charge in [-0.3, -0.25) is 9.36 Å². The zero-order chi connectivity index (χ0) is 22.8. The Bertz CT molecular complexity index is 1360.